The van der Waals surface area contributed by atoms with E-state index in [0.717, 1.165) is 22.8 Å². The molecule has 1 rings (SSSR count). The maximum absolute atomic E-state index is 12.9. The first kappa shape index (κ1) is 13.5. The van der Waals surface area contributed by atoms with Gasteiger partial charge in [0.2, 0.25) is 10.0 Å². The summed E-state index contributed by atoms with van der Waals surface area (Å²) in [6.45, 7) is 0.799. The van der Waals surface area contributed by atoms with Crippen molar-refractivity contribution in [2.45, 2.75) is 11.8 Å². The smallest absolute Gasteiger partial charge is 0.318 e. The van der Waals surface area contributed by atoms with Gasteiger partial charge in [-0.3, -0.25) is 9.78 Å². The molecule has 1 aromatic heterocycles. The molecule has 1 N–H and O–H groups in total. The van der Waals surface area contributed by atoms with Crippen molar-refractivity contribution in [1.29, 1.82) is 0 Å². The molecule has 94 valence electrons. The van der Waals surface area contributed by atoms with Crippen LogP contribution in [0.2, 0.25) is 0 Å². The highest BCUT2D eigenvalue weighted by atomic mass is 32.2. The van der Waals surface area contributed by atoms with Gasteiger partial charge in [0.1, 0.15) is 17.3 Å². The van der Waals surface area contributed by atoms with Crippen LogP contribution in [0.5, 0.6) is 0 Å². The van der Waals surface area contributed by atoms with Gasteiger partial charge in [-0.15, -0.1) is 0 Å². The number of carbonyl (C=O) groups is 1. The number of nitrogens with zero attached hydrogens (tertiary/aromatic N) is 2. The van der Waals surface area contributed by atoms with Gasteiger partial charge in [0.05, 0.1) is 6.20 Å². The first-order valence-electron chi connectivity index (χ1n) is 4.70. The normalized spacial score (nSPS) is 11.7. The molecule has 8 heteroatoms. The van der Waals surface area contributed by atoms with Crippen LogP contribution < -0.4 is 0 Å². The molecule has 0 atom stereocenters. The number of pyridine rings is 1. The number of carboxylic acid groups (broad SMARTS) is 1. The number of hydrogen-bond donors (Lipinski definition) is 1. The van der Waals surface area contributed by atoms with Gasteiger partial charge in [0.25, 0.3) is 0 Å². The van der Waals surface area contributed by atoms with E-state index in [1.54, 1.807) is 0 Å². The van der Waals surface area contributed by atoms with Gasteiger partial charge < -0.3 is 5.11 Å². The van der Waals surface area contributed by atoms with Crippen LogP contribution in [0.4, 0.5) is 4.39 Å². The number of carboxylic acids is 1. The fourth-order valence-corrected chi connectivity index (χ4v) is 2.57. The summed E-state index contributed by atoms with van der Waals surface area (Å²) in [5, 5.41) is 8.58. The Bertz CT molecular complexity index is 517. The number of likely N-dealkylation sites (N-methyl/N-ethyl adjacent to an activating group) is 1. The van der Waals surface area contributed by atoms with E-state index in [1.807, 2.05) is 0 Å². The molecule has 0 aliphatic rings. The standard InChI is InChI=1S/C9H11FN2O4S/c1-2-12(6-9(13)14)17(15,16)8-3-7(10)4-11-5-8/h3-5H,2,6H2,1H3,(H,13,14). The molecule has 6 nitrogen and oxygen atoms in total. The van der Waals surface area contributed by atoms with Crippen molar-refractivity contribution in [3.8, 4) is 0 Å². The quantitative estimate of drug-likeness (QED) is 0.825. The van der Waals surface area contributed by atoms with Gasteiger partial charge in [0.15, 0.2) is 0 Å². The van der Waals surface area contributed by atoms with E-state index < -0.39 is 28.4 Å². The summed E-state index contributed by atoms with van der Waals surface area (Å²) in [5.74, 6) is -2.07. The Labute approximate surface area is 97.8 Å². The number of halogens is 1. The van der Waals surface area contributed by atoms with Crippen molar-refractivity contribution < 1.29 is 22.7 Å². The molecule has 0 aromatic carbocycles. The topological polar surface area (TPSA) is 87.6 Å². The van der Waals surface area contributed by atoms with Crippen molar-refractivity contribution in [1.82, 2.24) is 9.29 Å². The zero-order chi connectivity index (χ0) is 13.1. The summed E-state index contributed by atoms with van der Waals surface area (Å²) >= 11 is 0. The van der Waals surface area contributed by atoms with Crippen LogP contribution >= 0.6 is 0 Å². The lowest BCUT2D eigenvalue weighted by molar-refractivity contribution is -0.137. The van der Waals surface area contributed by atoms with E-state index in [-0.39, 0.29) is 11.4 Å². The van der Waals surface area contributed by atoms with Crippen LogP contribution in [0.25, 0.3) is 0 Å². The Kier molecular flexibility index (Phi) is 4.13. The summed E-state index contributed by atoms with van der Waals surface area (Å²) in [7, 11) is -4.02. The molecule has 0 saturated carbocycles. The van der Waals surface area contributed by atoms with E-state index in [9.17, 15) is 17.6 Å². The van der Waals surface area contributed by atoms with Crippen molar-refractivity contribution in [2.24, 2.45) is 0 Å². The monoisotopic (exact) mass is 262 g/mol. The predicted molar refractivity (Wildman–Crippen MR) is 56.3 cm³/mol. The number of aromatic nitrogens is 1. The molecular formula is C9H11FN2O4S. The molecule has 0 unspecified atom stereocenters. The molecule has 1 aromatic rings. The Hall–Kier alpha value is -1.54. The third-order valence-electron chi connectivity index (χ3n) is 1.98. The molecule has 0 radical (unpaired) electrons. The number of hydrogen-bond acceptors (Lipinski definition) is 4. The van der Waals surface area contributed by atoms with Gasteiger partial charge in [-0.05, 0) is 6.07 Å². The van der Waals surface area contributed by atoms with Crippen LogP contribution in [0, 0.1) is 5.82 Å². The minimum Gasteiger partial charge on any atom is -0.480 e. The van der Waals surface area contributed by atoms with Gasteiger partial charge in [-0.25, -0.2) is 12.8 Å². The number of sulfonamides is 1. The van der Waals surface area contributed by atoms with Crippen molar-refractivity contribution >= 4 is 16.0 Å². The van der Waals surface area contributed by atoms with Gasteiger partial charge >= 0.3 is 5.97 Å². The third-order valence-corrected chi connectivity index (χ3v) is 3.87. The maximum Gasteiger partial charge on any atom is 0.318 e. The van der Waals surface area contributed by atoms with Crippen LogP contribution in [0.3, 0.4) is 0 Å². The first-order chi connectivity index (χ1) is 7.87. The van der Waals surface area contributed by atoms with Crippen LogP contribution in [0.15, 0.2) is 23.4 Å². The summed E-state index contributed by atoms with van der Waals surface area (Å²) in [5.41, 5.74) is 0. The summed E-state index contributed by atoms with van der Waals surface area (Å²) in [6, 6.07) is 0.798. The second kappa shape index (κ2) is 5.19. The van der Waals surface area contributed by atoms with Gasteiger partial charge in [-0.1, -0.05) is 6.92 Å². The number of rotatable bonds is 5. The molecule has 0 amide bonds. The minimum atomic E-state index is -4.02. The molecule has 0 saturated heterocycles. The summed E-state index contributed by atoms with van der Waals surface area (Å²) in [6.07, 6.45) is 1.84. The van der Waals surface area contributed by atoms with E-state index >= 15 is 0 Å². The zero-order valence-electron chi connectivity index (χ0n) is 9.00. The van der Waals surface area contributed by atoms with Gasteiger partial charge in [0, 0.05) is 12.7 Å². The summed E-state index contributed by atoms with van der Waals surface area (Å²) in [4.78, 5) is 13.6. The molecule has 0 aliphatic carbocycles. The minimum absolute atomic E-state index is 0.0227. The fraction of sp³-hybridized carbons (Fsp3) is 0.333. The van der Waals surface area contributed by atoms with E-state index in [4.69, 9.17) is 5.11 Å². The third kappa shape index (κ3) is 3.21. The average Bonchev–Trinajstić information content (AvgIpc) is 2.25. The molecular weight excluding hydrogens is 251 g/mol. The van der Waals surface area contributed by atoms with Crippen molar-refractivity contribution in [2.75, 3.05) is 13.1 Å². The highest BCUT2D eigenvalue weighted by molar-refractivity contribution is 7.89. The van der Waals surface area contributed by atoms with Crippen LogP contribution in [0.1, 0.15) is 6.92 Å². The predicted octanol–water partition coefficient (Wildman–Crippen LogP) is 0.316. The second-order valence-corrected chi connectivity index (χ2v) is 5.10. The van der Waals surface area contributed by atoms with E-state index in [1.165, 1.54) is 6.92 Å². The molecule has 0 spiro atoms. The molecule has 0 bridgehead atoms. The van der Waals surface area contributed by atoms with E-state index in [2.05, 4.69) is 4.98 Å². The highest BCUT2D eigenvalue weighted by Gasteiger charge is 2.25. The maximum atomic E-state index is 12.9. The number of aliphatic carboxylic acids is 1. The van der Waals surface area contributed by atoms with Crippen LogP contribution in [-0.2, 0) is 14.8 Å². The molecule has 0 aliphatic heterocycles. The lowest BCUT2D eigenvalue weighted by Gasteiger charge is -2.17. The molecule has 1 heterocycles. The lowest BCUT2D eigenvalue weighted by atomic mass is 10.5. The van der Waals surface area contributed by atoms with Crippen molar-refractivity contribution in [3.05, 3.63) is 24.3 Å². The Morgan fingerprint density at radius 1 is 1.53 bits per heavy atom. The fourth-order valence-electron chi connectivity index (χ4n) is 1.20. The van der Waals surface area contributed by atoms with Crippen molar-refractivity contribution in [3.63, 3.8) is 0 Å². The largest absolute Gasteiger partial charge is 0.480 e. The van der Waals surface area contributed by atoms with E-state index in [0.29, 0.717) is 0 Å². The Balaban J connectivity index is 3.13. The lowest BCUT2D eigenvalue weighted by Crippen LogP contribution is -2.35. The second-order valence-electron chi connectivity index (χ2n) is 3.16. The highest BCUT2D eigenvalue weighted by Crippen LogP contribution is 2.14. The first-order valence-corrected chi connectivity index (χ1v) is 6.14. The Morgan fingerprint density at radius 2 is 2.18 bits per heavy atom. The van der Waals surface area contributed by atoms with Crippen LogP contribution in [-0.4, -0.2) is 41.9 Å². The molecule has 0 fully saturated rings. The summed E-state index contributed by atoms with van der Waals surface area (Å²) < 4.78 is 37.4. The molecule has 17 heavy (non-hydrogen) atoms. The SMILES string of the molecule is CCN(CC(=O)O)S(=O)(=O)c1cncc(F)c1. The Morgan fingerprint density at radius 3 is 2.65 bits per heavy atom. The zero-order valence-corrected chi connectivity index (χ0v) is 9.82. The average molecular weight is 262 g/mol. The van der Waals surface area contributed by atoms with Gasteiger partial charge in [-0.2, -0.15) is 4.31 Å².